The van der Waals surface area contributed by atoms with Crippen LogP contribution in [-0.4, -0.2) is 35.0 Å². The summed E-state index contributed by atoms with van der Waals surface area (Å²) in [6.07, 6.45) is 3.97. The Labute approximate surface area is 185 Å². The van der Waals surface area contributed by atoms with Gasteiger partial charge in [0.2, 0.25) is 0 Å². The Kier molecular flexibility index (Phi) is 6.95. The number of likely N-dealkylation sites (tertiary alicyclic amines) is 1. The number of nitrogens with one attached hydrogen (secondary N) is 1. The lowest BCUT2D eigenvalue weighted by atomic mass is 10.0. The second kappa shape index (κ2) is 10.2. The van der Waals surface area contributed by atoms with Gasteiger partial charge in [-0.1, -0.05) is 30.3 Å². The number of pyridine rings is 1. The SMILES string of the molecule is Cc1ccccc1CN1CCC(Oc2ccc(C(=O)NCc3ccccn3)cc2)CC1.[HH]. The van der Waals surface area contributed by atoms with Gasteiger partial charge in [-0.25, -0.2) is 0 Å². The van der Waals surface area contributed by atoms with Crippen LogP contribution in [0.2, 0.25) is 0 Å². The molecule has 0 aliphatic carbocycles. The zero-order valence-electron chi connectivity index (χ0n) is 18.0. The van der Waals surface area contributed by atoms with Crippen molar-refractivity contribution in [2.24, 2.45) is 0 Å². The maximum Gasteiger partial charge on any atom is 0.251 e. The highest BCUT2D eigenvalue weighted by molar-refractivity contribution is 5.94. The Hall–Kier alpha value is -3.18. The first-order valence-corrected chi connectivity index (χ1v) is 10.9. The second-order valence-electron chi connectivity index (χ2n) is 8.05. The van der Waals surface area contributed by atoms with Crippen molar-refractivity contribution in [2.75, 3.05) is 13.1 Å². The fourth-order valence-corrected chi connectivity index (χ4v) is 3.87. The third kappa shape index (κ3) is 5.92. The summed E-state index contributed by atoms with van der Waals surface area (Å²) in [5.41, 5.74) is 4.21. The van der Waals surface area contributed by atoms with Crippen molar-refractivity contribution in [1.29, 1.82) is 0 Å². The molecule has 0 unspecified atom stereocenters. The maximum absolute atomic E-state index is 12.3. The van der Waals surface area contributed by atoms with E-state index in [9.17, 15) is 4.79 Å². The largest absolute Gasteiger partial charge is 0.490 e. The van der Waals surface area contributed by atoms with Gasteiger partial charge in [-0.3, -0.25) is 14.7 Å². The van der Waals surface area contributed by atoms with Crippen LogP contribution in [0.4, 0.5) is 0 Å². The molecule has 5 heteroatoms. The van der Waals surface area contributed by atoms with E-state index in [-0.39, 0.29) is 13.4 Å². The van der Waals surface area contributed by atoms with Crippen LogP contribution in [0.15, 0.2) is 72.9 Å². The number of carbonyl (C=O) groups is 1. The molecule has 2 heterocycles. The normalized spacial score (nSPS) is 14.9. The first-order valence-electron chi connectivity index (χ1n) is 10.9. The monoisotopic (exact) mass is 417 g/mol. The summed E-state index contributed by atoms with van der Waals surface area (Å²) in [6, 6.07) is 21.7. The fourth-order valence-electron chi connectivity index (χ4n) is 3.87. The third-order valence-corrected chi connectivity index (χ3v) is 5.77. The molecule has 1 N–H and O–H groups in total. The summed E-state index contributed by atoms with van der Waals surface area (Å²) in [7, 11) is 0. The highest BCUT2D eigenvalue weighted by Crippen LogP contribution is 2.21. The van der Waals surface area contributed by atoms with Crippen LogP contribution < -0.4 is 10.1 Å². The number of benzene rings is 2. The fraction of sp³-hybridized carbons (Fsp3) is 0.308. The van der Waals surface area contributed by atoms with Crippen molar-refractivity contribution in [3.8, 4) is 5.75 Å². The van der Waals surface area contributed by atoms with E-state index in [0.29, 0.717) is 12.1 Å². The minimum absolute atomic E-state index is 0. The number of carbonyl (C=O) groups excluding carboxylic acids is 1. The lowest BCUT2D eigenvalue weighted by molar-refractivity contribution is 0.0947. The van der Waals surface area contributed by atoms with Crippen molar-refractivity contribution < 1.29 is 11.0 Å². The molecule has 0 bridgehead atoms. The van der Waals surface area contributed by atoms with E-state index in [1.165, 1.54) is 11.1 Å². The quantitative estimate of drug-likeness (QED) is 0.610. The highest BCUT2D eigenvalue weighted by atomic mass is 16.5. The molecule has 1 fully saturated rings. The molecular weight excluding hydrogens is 386 g/mol. The van der Waals surface area contributed by atoms with Crippen LogP contribution in [0.1, 0.15) is 41.4 Å². The molecule has 1 aromatic heterocycles. The number of hydrogen-bond donors (Lipinski definition) is 1. The third-order valence-electron chi connectivity index (χ3n) is 5.77. The molecule has 0 atom stereocenters. The minimum atomic E-state index is -0.110. The summed E-state index contributed by atoms with van der Waals surface area (Å²) in [5.74, 6) is 0.709. The molecule has 1 amide bonds. The van der Waals surface area contributed by atoms with Gasteiger partial charge in [0, 0.05) is 32.8 Å². The Bertz CT molecular complexity index is 987. The summed E-state index contributed by atoms with van der Waals surface area (Å²) in [6.45, 7) is 5.66. The number of hydrogen-bond acceptors (Lipinski definition) is 4. The van der Waals surface area contributed by atoms with Crippen molar-refractivity contribution >= 4 is 5.91 Å². The van der Waals surface area contributed by atoms with E-state index in [2.05, 4.69) is 46.4 Å². The van der Waals surface area contributed by atoms with E-state index < -0.39 is 0 Å². The van der Waals surface area contributed by atoms with E-state index in [0.717, 1.165) is 43.9 Å². The Morgan fingerprint density at radius 2 is 1.81 bits per heavy atom. The summed E-state index contributed by atoms with van der Waals surface area (Å²) >= 11 is 0. The smallest absolute Gasteiger partial charge is 0.251 e. The van der Waals surface area contributed by atoms with Crippen LogP contribution in [0.3, 0.4) is 0 Å². The average molecular weight is 418 g/mol. The first kappa shape index (κ1) is 21.1. The molecule has 2 aromatic carbocycles. The molecule has 1 saturated heterocycles. The Morgan fingerprint density at radius 3 is 2.52 bits per heavy atom. The number of nitrogens with zero attached hydrogens (tertiary/aromatic N) is 2. The van der Waals surface area contributed by atoms with Crippen molar-refractivity contribution in [3.05, 3.63) is 95.3 Å². The Morgan fingerprint density at radius 1 is 1.06 bits per heavy atom. The van der Waals surface area contributed by atoms with Gasteiger partial charge in [-0.2, -0.15) is 0 Å². The van der Waals surface area contributed by atoms with Gasteiger partial charge in [0.1, 0.15) is 11.9 Å². The van der Waals surface area contributed by atoms with Gasteiger partial charge in [-0.05, 0) is 67.3 Å². The van der Waals surface area contributed by atoms with Crippen LogP contribution in [0, 0.1) is 6.92 Å². The van der Waals surface area contributed by atoms with Crippen molar-refractivity contribution in [1.82, 2.24) is 15.2 Å². The van der Waals surface area contributed by atoms with Crippen LogP contribution in [-0.2, 0) is 13.1 Å². The van der Waals surface area contributed by atoms with E-state index >= 15 is 0 Å². The molecule has 0 saturated carbocycles. The molecule has 0 spiro atoms. The molecule has 1 aliphatic rings. The van der Waals surface area contributed by atoms with Crippen LogP contribution in [0.25, 0.3) is 0 Å². The Balaban J connectivity index is 0.00000289. The molecule has 3 aromatic rings. The average Bonchev–Trinajstić information content (AvgIpc) is 2.81. The lowest BCUT2D eigenvalue weighted by Crippen LogP contribution is -2.37. The van der Waals surface area contributed by atoms with E-state index in [4.69, 9.17) is 4.74 Å². The van der Waals surface area contributed by atoms with Crippen molar-refractivity contribution in [2.45, 2.75) is 39.0 Å². The number of aromatic nitrogens is 1. The maximum atomic E-state index is 12.3. The predicted molar refractivity (Wildman–Crippen MR) is 124 cm³/mol. The highest BCUT2D eigenvalue weighted by Gasteiger charge is 2.21. The zero-order chi connectivity index (χ0) is 21.5. The van der Waals surface area contributed by atoms with Crippen molar-refractivity contribution in [3.63, 3.8) is 0 Å². The lowest BCUT2D eigenvalue weighted by Gasteiger charge is -2.32. The van der Waals surface area contributed by atoms with Gasteiger partial charge in [0.15, 0.2) is 0 Å². The number of amides is 1. The second-order valence-corrected chi connectivity index (χ2v) is 8.05. The van der Waals surface area contributed by atoms with Gasteiger partial charge in [-0.15, -0.1) is 0 Å². The minimum Gasteiger partial charge on any atom is -0.490 e. The number of rotatable bonds is 7. The molecule has 162 valence electrons. The summed E-state index contributed by atoms with van der Waals surface area (Å²) in [4.78, 5) is 19.1. The summed E-state index contributed by atoms with van der Waals surface area (Å²) in [5, 5.41) is 2.90. The molecule has 1 aliphatic heterocycles. The van der Waals surface area contributed by atoms with E-state index in [1.807, 2.05) is 42.5 Å². The van der Waals surface area contributed by atoms with Gasteiger partial charge in [0.05, 0.1) is 12.2 Å². The molecule has 0 radical (unpaired) electrons. The molecule has 31 heavy (non-hydrogen) atoms. The topological polar surface area (TPSA) is 54.5 Å². The number of ether oxygens (including phenoxy) is 1. The molecule has 4 rings (SSSR count). The van der Waals surface area contributed by atoms with Crippen LogP contribution in [0.5, 0.6) is 5.75 Å². The zero-order valence-corrected chi connectivity index (χ0v) is 18.0. The molecule has 5 nitrogen and oxygen atoms in total. The van der Waals surface area contributed by atoms with E-state index in [1.54, 1.807) is 6.20 Å². The predicted octanol–water partition coefficient (Wildman–Crippen LogP) is 4.61. The van der Waals surface area contributed by atoms with Gasteiger partial charge in [0.25, 0.3) is 5.91 Å². The molecular formula is C26H31N3O2. The summed E-state index contributed by atoms with van der Waals surface area (Å²) < 4.78 is 6.17. The number of aryl methyl sites for hydroxylation is 1. The van der Waals surface area contributed by atoms with Gasteiger partial charge >= 0.3 is 0 Å². The van der Waals surface area contributed by atoms with Gasteiger partial charge < -0.3 is 10.1 Å². The number of piperidine rings is 1. The first-order chi connectivity index (χ1) is 15.2. The van der Waals surface area contributed by atoms with Crippen LogP contribution >= 0.6 is 0 Å². The standard InChI is InChI=1S/C26H29N3O2.H2/c1-20-6-2-3-7-22(20)19-29-16-13-25(14-17-29)31-24-11-9-21(10-12-24)26(30)28-18-23-8-4-5-15-27-23;/h2-12,15,25H,13-14,16-19H2,1H3,(H,28,30);1H.